The van der Waals surface area contributed by atoms with E-state index < -0.39 is 4.92 Å². The van der Waals surface area contributed by atoms with Gasteiger partial charge in [0.1, 0.15) is 11.5 Å². The second kappa shape index (κ2) is 6.37. The zero-order valence-corrected chi connectivity index (χ0v) is 12.8. The number of nitrogens with two attached hydrogens (primary N) is 2. The van der Waals surface area contributed by atoms with Crippen molar-refractivity contribution >= 4 is 28.0 Å². The Morgan fingerprint density at radius 3 is 2.62 bits per heavy atom. The quantitative estimate of drug-likeness (QED) is 0.253. The summed E-state index contributed by atoms with van der Waals surface area (Å²) in [6, 6.07) is 18.5. The maximum atomic E-state index is 11.0. The fraction of sp³-hybridized carbons (Fsp3) is 0.0556. The summed E-state index contributed by atoms with van der Waals surface area (Å²) in [5.41, 5.74) is 13.0. The SMILES string of the molecule is NC(=NCc1cccc2ccccc12)c1ccc(N)c([N+](=O)[O-])c1. The van der Waals surface area contributed by atoms with Crippen LogP contribution >= 0.6 is 0 Å². The Bertz CT molecular complexity index is 945. The van der Waals surface area contributed by atoms with Crippen LogP contribution in [0.2, 0.25) is 0 Å². The zero-order chi connectivity index (χ0) is 17.1. The van der Waals surface area contributed by atoms with E-state index in [4.69, 9.17) is 11.5 Å². The Morgan fingerprint density at radius 1 is 1.08 bits per heavy atom. The molecule has 3 aromatic rings. The van der Waals surface area contributed by atoms with Crippen molar-refractivity contribution in [1.82, 2.24) is 0 Å². The number of nitrogens with zero attached hydrogens (tertiary/aromatic N) is 2. The summed E-state index contributed by atoms with van der Waals surface area (Å²) in [6.45, 7) is 0.394. The molecule has 0 saturated heterocycles. The van der Waals surface area contributed by atoms with Gasteiger partial charge < -0.3 is 11.5 Å². The molecular weight excluding hydrogens is 304 g/mol. The van der Waals surface area contributed by atoms with Gasteiger partial charge in [0.2, 0.25) is 0 Å². The molecule has 0 unspecified atom stereocenters. The van der Waals surface area contributed by atoms with Gasteiger partial charge in [-0.05, 0) is 28.5 Å². The van der Waals surface area contributed by atoms with Gasteiger partial charge >= 0.3 is 0 Å². The predicted molar refractivity (Wildman–Crippen MR) is 95.9 cm³/mol. The Balaban J connectivity index is 1.91. The molecule has 6 heteroatoms. The lowest BCUT2D eigenvalue weighted by Gasteiger charge is -2.06. The van der Waals surface area contributed by atoms with Crippen molar-refractivity contribution in [3.05, 3.63) is 81.9 Å². The molecule has 3 rings (SSSR count). The van der Waals surface area contributed by atoms with Gasteiger partial charge in [0.25, 0.3) is 5.69 Å². The molecule has 0 spiro atoms. The van der Waals surface area contributed by atoms with Gasteiger partial charge in [0.05, 0.1) is 11.5 Å². The molecule has 0 aromatic heterocycles. The van der Waals surface area contributed by atoms with Crippen LogP contribution in [0.25, 0.3) is 10.8 Å². The number of benzene rings is 3. The largest absolute Gasteiger partial charge is 0.393 e. The third-order valence-electron chi connectivity index (χ3n) is 3.82. The lowest BCUT2D eigenvalue weighted by molar-refractivity contribution is -0.383. The molecule has 0 radical (unpaired) electrons. The van der Waals surface area contributed by atoms with Crippen LogP contribution < -0.4 is 11.5 Å². The summed E-state index contributed by atoms with van der Waals surface area (Å²) in [5, 5.41) is 13.2. The second-order valence-corrected chi connectivity index (χ2v) is 5.37. The highest BCUT2D eigenvalue weighted by Crippen LogP contribution is 2.23. The Morgan fingerprint density at radius 2 is 1.83 bits per heavy atom. The number of nitro benzene ring substituents is 1. The second-order valence-electron chi connectivity index (χ2n) is 5.37. The van der Waals surface area contributed by atoms with E-state index in [0.29, 0.717) is 12.1 Å². The fourth-order valence-electron chi connectivity index (χ4n) is 2.55. The summed E-state index contributed by atoms with van der Waals surface area (Å²) < 4.78 is 0. The molecule has 24 heavy (non-hydrogen) atoms. The summed E-state index contributed by atoms with van der Waals surface area (Å²) in [6.07, 6.45) is 0. The Kier molecular flexibility index (Phi) is 4.11. The third-order valence-corrected chi connectivity index (χ3v) is 3.82. The van der Waals surface area contributed by atoms with Crippen molar-refractivity contribution < 1.29 is 4.92 Å². The Labute approximate surface area is 138 Å². The van der Waals surface area contributed by atoms with E-state index in [9.17, 15) is 10.1 Å². The highest BCUT2D eigenvalue weighted by molar-refractivity contribution is 5.98. The minimum atomic E-state index is -0.531. The van der Waals surface area contributed by atoms with Crippen LogP contribution in [0, 0.1) is 10.1 Å². The minimum absolute atomic E-state index is 0.102. The number of rotatable bonds is 4. The topological polar surface area (TPSA) is 108 Å². The van der Waals surface area contributed by atoms with Crippen LogP contribution in [0.4, 0.5) is 11.4 Å². The lowest BCUT2D eigenvalue weighted by Crippen LogP contribution is -2.14. The lowest BCUT2D eigenvalue weighted by atomic mass is 10.0. The summed E-state index contributed by atoms with van der Waals surface area (Å²) in [4.78, 5) is 14.8. The molecule has 0 saturated carbocycles. The molecule has 0 amide bonds. The zero-order valence-electron chi connectivity index (χ0n) is 12.8. The number of aliphatic imine (C=N–C) groups is 1. The van der Waals surface area contributed by atoms with Gasteiger partial charge in [-0.2, -0.15) is 0 Å². The maximum absolute atomic E-state index is 11.0. The van der Waals surface area contributed by atoms with Crippen LogP contribution in [0.1, 0.15) is 11.1 Å². The first-order chi connectivity index (χ1) is 11.6. The monoisotopic (exact) mass is 320 g/mol. The normalized spacial score (nSPS) is 11.6. The van der Waals surface area contributed by atoms with E-state index in [-0.39, 0.29) is 17.2 Å². The van der Waals surface area contributed by atoms with Crippen molar-refractivity contribution in [2.75, 3.05) is 5.73 Å². The van der Waals surface area contributed by atoms with E-state index in [1.807, 2.05) is 42.5 Å². The van der Waals surface area contributed by atoms with Gasteiger partial charge in [-0.1, -0.05) is 42.5 Å². The van der Waals surface area contributed by atoms with Gasteiger partial charge in [-0.25, -0.2) is 0 Å². The first-order valence-electron chi connectivity index (χ1n) is 7.37. The molecule has 3 aromatic carbocycles. The standard InChI is InChI=1S/C18H16N4O2/c19-16-9-8-13(10-17(16)22(23)24)18(20)21-11-14-6-3-5-12-4-1-2-7-15(12)14/h1-10H,11,19H2,(H2,20,21). The van der Waals surface area contributed by atoms with E-state index in [1.165, 1.54) is 12.1 Å². The summed E-state index contributed by atoms with van der Waals surface area (Å²) >= 11 is 0. The van der Waals surface area contributed by atoms with E-state index >= 15 is 0 Å². The summed E-state index contributed by atoms with van der Waals surface area (Å²) in [5.74, 6) is 0.242. The molecule has 0 atom stereocenters. The van der Waals surface area contributed by atoms with Gasteiger partial charge in [-0.15, -0.1) is 0 Å². The smallest absolute Gasteiger partial charge is 0.292 e. The predicted octanol–water partition coefficient (Wildman–Crippen LogP) is 3.24. The molecule has 0 aliphatic rings. The number of amidine groups is 1. The average Bonchev–Trinajstić information content (AvgIpc) is 2.59. The van der Waals surface area contributed by atoms with E-state index in [2.05, 4.69) is 4.99 Å². The third kappa shape index (κ3) is 3.03. The van der Waals surface area contributed by atoms with Crippen molar-refractivity contribution in [1.29, 1.82) is 0 Å². The van der Waals surface area contributed by atoms with Crippen LogP contribution in [0.15, 0.2) is 65.7 Å². The molecule has 0 aliphatic heterocycles. The van der Waals surface area contributed by atoms with Gasteiger partial charge in [0, 0.05) is 11.6 Å². The first-order valence-corrected chi connectivity index (χ1v) is 7.37. The molecular formula is C18H16N4O2. The van der Waals surface area contributed by atoms with Crippen LogP contribution in [0.5, 0.6) is 0 Å². The Hall–Kier alpha value is -3.41. The minimum Gasteiger partial charge on any atom is -0.393 e. The molecule has 120 valence electrons. The van der Waals surface area contributed by atoms with Gasteiger partial charge in [-0.3, -0.25) is 15.1 Å². The number of hydrogen-bond donors (Lipinski definition) is 2. The van der Waals surface area contributed by atoms with E-state index in [1.54, 1.807) is 6.07 Å². The maximum Gasteiger partial charge on any atom is 0.292 e. The molecule has 0 heterocycles. The van der Waals surface area contributed by atoms with Crippen molar-refractivity contribution in [2.45, 2.75) is 6.54 Å². The van der Waals surface area contributed by atoms with E-state index in [0.717, 1.165) is 16.3 Å². The number of nitro groups is 1. The van der Waals surface area contributed by atoms with Crippen molar-refractivity contribution in [2.24, 2.45) is 10.7 Å². The highest BCUT2D eigenvalue weighted by atomic mass is 16.6. The van der Waals surface area contributed by atoms with Gasteiger partial charge in [0.15, 0.2) is 0 Å². The molecule has 6 nitrogen and oxygen atoms in total. The molecule has 0 bridgehead atoms. The number of fused-ring (bicyclic) bond motifs is 1. The van der Waals surface area contributed by atoms with Crippen LogP contribution in [-0.2, 0) is 6.54 Å². The number of nitrogen functional groups attached to an aromatic ring is 1. The average molecular weight is 320 g/mol. The van der Waals surface area contributed by atoms with Crippen LogP contribution in [0.3, 0.4) is 0 Å². The highest BCUT2D eigenvalue weighted by Gasteiger charge is 2.13. The van der Waals surface area contributed by atoms with Crippen molar-refractivity contribution in [3.8, 4) is 0 Å². The molecule has 0 fully saturated rings. The van der Waals surface area contributed by atoms with Crippen molar-refractivity contribution in [3.63, 3.8) is 0 Å². The molecule has 4 N–H and O–H groups in total. The fourth-order valence-corrected chi connectivity index (χ4v) is 2.55. The first kappa shape index (κ1) is 15.5. The molecule has 0 aliphatic carbocycles. The number of anilines is 1. The van der Waals surface area contributed by atoms with Crippen LogP contribution in [-0.4, -0.2) is 10.8 Å². The number of hydrogen-bond acceptors (Lipinski definition) is 4. The summed E-state index contributed by atoms with van der Waals surface area (Å²) in [7, 11) is 0.